The van der Waals surface area contributed by atoms with Gasteiger partial charge in [0.1, 0.15) is 17.5 Å². The van der Waals surface area contributed by atoms with Crippen molar-refractivity contribution in [2.45, 2.75) is 38.4 Å². The van der Waals surface area contributed by atoms with Gasteiger partial charge in [0.05, 0.1) is 12.8 Å². The molecule has 27 heavy (non-hydrogen) atoms. The Morgan fingerprint density at radius 2 is 2.15 bits per heavy atom. The minimum atomic E-state index is -0.571. The van der Waals surface area contributed by atoms with E-state index in [9.17, 15) is 9.59 Å². The first-order valence-electron chi connectivity index (χ1n) is 8.95. The molecule has 1 saturated heterocycles. The van der Waals surface area contributed by atoms with Crippen LogP contribution in [0.4, 0.5) is 0 Å². The van der Waals surface area contributed by atoms with E-state index >= 15 is 0 Å². The molecule has 2 aromatic rings. The van der Waals surface area contributed by atoms with Gasteiger partial charge in [-0.05, 0) is 38.5 Å². The van der Waals surface area contributed by atoms with E-state index in [4.69, 9.17) is 10.5 Å². The molecule has 8 heteroatoms. The van der Waals surface area contributed by atoms with Gasteiger partial charge in [-0.1, -0.05) is 12.1 Å². The van der Waals surface area contributed by atoms with Crippen molar-refractivity contribution in [1.29, 1.82) is 0 Å². The monoisotopic (exact) mass is 371 g/mol. The number of aromatic nitrogens is 2. The molecule has 1 aliphatic rings. The third-order valence-corrected chi connectivity index (χ3v) is 4.50. The van der Waals surface area contributed by atoms with Crippen LogP contribution in [0.5, 0.6) is 5.75 Å². The Morgan fingerprint density at radius 1 is 1.37 bits per heavy atom. The number of nitrogens with zero attached hydrogens (tertiary/aromatic N) is 2. The number of methoxy groups -OCH3 is 1. The molecule has 2 heterocycles. The average Bonchev–Trinajstić information content (AvgIpc) is 3.27. The molecule has 0 saturated carbocycles. The van der Waals surface area contributed by atoms with Crippen molar-refractivity contribution >= 4 is 11.8 Å². The SMILES string of the molecule is COc1cccc(-c2cc(C(=O)N3C[C@H](N)C[C@H]3C(=O)NC(C)C)[nH]n2)c1. The van der Waals surface area contributed by atoms with E-state index in [2.05, 4.69) is 15.5 Å². The summed E-state index contributed by atoms with van der Waals surface area (Å²) in [4.78, 5) is 26.9. The Balaban J connectivity index is 1.80. The standard InChI is InChI=1S/C19H25N5O3/c1-11(2)21-18(25)17-8-13(20)10-24(17)19(26)16-9-15(22-23-16)12-5-4-6-14(7-12)27-3/h4-7,9,11,13,17H,8,10,20H2,1-3H3,(H,21,25)(H,22,23)/t13-,17+/m1/s1. The predicted octanol–water partition coefficient (Wildman–Crippen LogP) is 1.15. The number of aromatic amines is 1. The minimum absolute atomic E-state index is 0.00176. The first-order valence-corrected chi connectivity index (χ1v) is 8.95. The highest BCUT2D eigenvalue weighted by molar-refractivity contribution is 5.97. The number of carbonyl (C=O) groups is 2. The summed E-state index contributed by atoms with van der Waals surface area (Å²) in [7, 11) is 1.59. The number of H-pyrrole nitrogens is 1. The molecule has 1 aromatic carbocycles. The lowest BCUT2D eigenvalue weighted by Gasteiger charge is -2.24. The Morgan fingerprint density at radius 3 is 2.85 bits per heavy atom. The summed E-state index contributed by atoms with van der Waals surface area (Å²) in [6, 6.07) is 8.31. The van der Waals surface area contributed by atoms with Crippen LogP contribution in [-0.2, 0) is 4.79 Å². The van der Waals surface area contributed by atoms with E-state index in [1.54, 1.807) is 13.2 Å². The van der Waals surface area contributed by atoms with Gasteiger partial charge < -0.3 is 20.7 Å². The van der Waals surface area contributed by atoms with Crippen LogP contribution >= 0.6 is 0 Å². The molecule has 3 rings (SSSR count). The van der Waals surface area contributed by atoms with Crippen molar-refractivity contribution in [3.05, 3.63) is 36.0 Å². The van der Waals surface area contributed by atoms with Gasteiger partial charge in [-0.25, -0.2) is 0 Å². The molecule has 1 fully saturated rings. The molecule has 8 nitrogen and oxygen atoms in total. The van der Waals surface area contributed by atoms with Gasteiger partial charge in [0.25, 0.3) is 5.91 Å². The number of nitrogens with one attached hydrogen (secondary N) is 2. The molecule has 0 unspecified atom stereocenters. The molecule has 2 amide bonds. The van der Waals surface area contributed by atoms with Crippen LogP contribution in [0.2, 0.25) is 0 Å². The zero-order valence-corrected chi connectivity index (χ0v) is 15.7. The van der Waals surface area contributed by atoms with Crippen molar-refractivity contribution in [1.82, 2.24) is 20.4 Å². The van der Waals surface area contributed by atoms with E-state index in [0.717, 1.165) is 5.56 Å². The van der Waals surface area contributed by atoms with Crippen molar-refractivity contribution in [3.63, 3.8) is 0 Å². The van der Waals surface area contributed by atoms with Crippen LogP contribution in [0.3, 0.4) is 0 Å². The van der Waals surface area contributed by atoms with Gasteiger partial charge >= 0.3 is 0 Å². The third kappa shape index (κ3) is 4.11. The van der Waals surface area contributed by atoms with Crippen molar-refractivity contribution in [2.24, 2.45) is 5.73 Å². The lowest BCUT2D eigenvalue weighted by Crippen LogP contribution is -2.47. The highest BCUT2D eigenvalue weighted by Crippen LogP contribution is 2.24. The molecule has 4 N–H and O–H groups in total. The number of benzene rings is 1. The predicted molar refractivity (Wildman–Crippen MR) is 101 cm³/mol. The van der Waals surface area contributed by atoms with Gasteiger partial charge in [0, 0.05) is 24.2 Å². The van der Waals surface area contributed by atoms with Gasteiger partial charge in [0.2, 0.25) is 5.91 Å². The van der Waals surface area contributed by atoms with E-state index in [1.165, 1.54) is 4.90 Å². The summed E-state index contributed by atoms with van der Waals surface area (Å²) in [5, 5.41) is 9.87. The third-order valence-electron chi connectivity index (χ3n) is 4.50. The maximum absolute atomic E-state index is 13.0. The van der Waals surface area contributed by atoms with Crippen LogP contribution in [0.25, 0.3) is 11.3 Å². The van der Waals surface area contributed by atoms with E-state index < -0.39 is 6.04 Å². The Bertz CT molecular complexity index is 832. The first kappa shape index (κ1) is 18.9. The second-order valence-electron chi connectivity index (χ2n) is 7.03. The fraction of sp³-hybridized carbons (Fsp3) is 0.421. The topological polar surface area (TPSA) is 113 Å². The number of rotatable bonds is 5. The summed E-state index contributed by atoms with van der Waals surface area (Å²) < 4.78 is 5.22. The second kappa shape index (κ2) is 7.79. The highest BCUT2D eigenvalue weighted by Gasteiger charge is 2.39. The molecule has 1 aromatic heterocycles. The molecular formula is C19H25N5O3. The number of amides is 2. The van der Waals surface area contributed by atoms with Crippen LogP contribution in [0, 0.1) is 0 Å². The Kier molecular flexibility index (Phi) is 5.46. The Hall–Kier alpha value is -2.87. The molecule has 144 valence electrons. The summed E-state index contributed by atoms with van der Waals surface area (Å²) in [6.07, 6.45) is 0.446. The summed E-state index contributed by atoms with van der Waals surface area (Å²) >= 11 is 0. The highest BCUT2D eigenvalue weighted by atomic mass is 16.5. The van der Waals surface area contributed by atoms with Crippen molar-refractivity contribution < 1.29 is 14.3 Å². The molecule has 0 aliphatic carbocycles. The molecular weight excluding hydrogens is 346 g/mol. The molecule has 0 radical (unpaired) electrons. The average molecular weight is 371 g/mol. The fourth-order valence-electron chi connectivity index (χ4n) is 3.24. The Labute approximate surface area is 158 Å². The van der Waals surface area contributed by atoms with E-state index in [1.807, 2.05) is 38.1 Å². The fourth-order valence-corrected chi connectivity index (χ4v) is 3.24. The number of likely N-dealkylation sites (tertiary alicyclic amines) is 1. The van der Waals surface area contributed by atoms with Crippen LogP contribution in [0.1, 0.15) is 30.8 Å². The molecule has 2 atom stereocenters. The quantitative estimate of drug-likeness (QED) is 0.730. The van der Waals surface area contributed by atoms with Gasteiger partial charge in [-0.15, -0.1) is 0 Å². The first-order chi connectivity index (χ1) is 12.9. The van der Waals surface area contributed by atoms with E-state index in [-0.39, 0.29) is 23.9 Å². The van der Waals surface area contributed by atoms with Gasteiger partial charge in [-0.2, -0.15) is 5.10 Å². The lowest BCUT2D eigenvalue weighted by molar-refractivity contribution is -0.125. The summed E-state index contributed by atoms with van der Waals surface area (Å²) in [5.74, 6) is 0.242. The smallest absolute Gasteiger partial charge is 0.272 e. The minimum Gasteiger partial charge on any atom is -0.497 e. The number of hydrogen-bond acceptors (Lipinski definition) is 5. The van der Waals surface area contributed by atoms with Gasteiger partial charge in [0.15, 0.2) is 0 Å². The largest absolute Gasteiger partial charge is 0.497 e. The van der Waals surface area contributed by atoms with Gasteiger partial charge in [-0.3, -0.25) is 14.7 Å². The summed E-state index contributed by atoms with van der Waals surface area (Å²) in [6.45, 7) is 4.10. The number of carbonyl (C=O) groups excluding carboxylic acids is 2. The van der Waals surface area contributed by atoms with Crippen molar-refractivity contribution in [2.75, 3.05) is 13.7 Å². The summed E-state index contributed by atoms with van der Waals surface area (Å²) in [5.41, 5.74) is 7.80. The van der Waals surface area contributed by atoms with Crippen LogP contribution in [0.15, 0.2) is 30.3 Å². The maximum atomic E-state index is 13.0. The zero-order chi connectivity index (χ0) is 19.6. The van der Waals surface area contributed by atoms with Crippen LogP contribution in [-0.4, -0.2) is 58.7 Å². The number of nitrogens with two attached hydrogens (primary N) is 1. The zero-order valence-electron chi connectivity index (χ0n) is 15.7. The lowest BCUT2D eigenvalue weighted by atomic mass is 10.1. The molecule has 0 bridgehead atoms. The van der Waals surface area contributed by atoms with E-state index in [0.29, 0.717) is 30.1 Å². The molecule has 0 spiro atoms. The number of hydrogen-bond donors (Lipinski definition) is 3. The maximum Gasteiger partial charge on any atom is 0.272 e. The van der Waals surface area contributed by atoms with Crippen molar-refractivity contribution in [3.8, 4) is 17.0 Å². The molecule has 1 aliphatic heterocycles. The normalized spacial score (nSPS) is 19.4. The van der Waals surface area contributed by atoms with Crippen LogP contribution < -0.4 is 15.8 Å². The number of ether oxygens (including phenoxy) is 1. The second-order valence-corrected chi connectivity index (χ2v) is 7.03.